The minimum absolute atomic E-state index is 0.698. The lowest BCUT2D eigenvalue weighted by molar-refractivity contribution is 1.13. The first-order valence-corrected chi connectivity index (χ1v) is 8.01. The summed E-state index contributed by atoms with van der Waals surface area (Å²) in [5.41, 5.74) is 2.43. The number of halogens is 1. The van der Waals surface area contributed by atoms with E-state index in [9.17, 15) is 0 Å². The molecule has 0 aliphatic carbocycles. The van der Waals surface area contributed by atoms with E-state index in [1.54, 1.807) is 0 Å². The number of hydrogen-bond acceptors (Lipinski definition) is 3. The van der Waals surface area contributed by atoms with E-state index >= 15 is 0 Å². The van der Waals surface area contributed by atoms with Crippen molar-refractivity contribution in [1.29, 1.82) is 0 Å². The van der Waals surface area contributed by atoms with E-state index in [1.807, 2.05) is 23.5 Å². The molecule has 1 saturated heterocycles. The Morgan fingerprint density at radius 3 is 2.94 bits per heavy atom. The van der Waals surface area contributed by atoms with Crippen molar-refractivity contribution >= 4 is 49.5 Å². The lowest BCUT2D eigenvalue weighted by Gasteiger charge is -2.04. The van der Waals surface area contributed by atoms with E-state index in [-0.39, 0.29) is 0 Å². The summed E-state index contributed by atoms with van der Waals surface area (Å²) in [6.45, 7) is 4.42. The summed E-state index contributed by atoms with van der Waals surface area (Å²) in [6.07, 6.45) is 1.02. The van der Waals surface area contributed by atoms with Crippen LogP contribution in [0.15, 0.2) is 27.7 Å². The highest BCUT2D eigenvalue weighted by Crippen LogP contribution is 2.35. The average Bonchev–Trinajstić information content (AvgIpc) is 2.67. The number of nitrogens with zero attached hydrogens (tertiary/aromatic N) is 1. The second kappa shape index (κ2) is 5.61. The Bertz CT molecular complexity index is 417. The van der Waals surface area contributed by atoms with Gasteiger partial charge < -0.3 is 0 Å². The Morgan fingerprint density at radius 1 is 1.50 bits per heavy atom. The minimum Gasteiger partial charge on any atom is -0.235 e. The van der Waals surface area contributed by atoms with Crippen LogP contribution in [-0.4, -0.2) is 15.4 Å². The molecule has 1 unspecified atom stereocenters. The van der Waals surface area contributed by atoms with Crippen LogP contribution in [0.1, 0.15) is 19.4 Å². The topological polar surface area (TPSA) is 12.4 Å². The van der Waals surface area contributed by atoms with Crippen LogP contribution < -0.4 is 0 Å². The SMILES string of the molecule is CCc1cc(Br)ccc1/N=C1\SCC(C)S1. The molecule has 1 heterocycles. The van der Waals surface area contributed by atoms with E-state index in [0.29, 0.717) is 5.25 Å². The highest BCUT2D eigenvalue weighted by molar-refractivity contribution is 9.10. The van der Waals surface area contributed by atoms with E-state index in [1.165, 1.54) is 15.7 Å². The molecule has 1 atom stereocenters. The van der Waals surface area contributed by atoms with Crippen LogP contribution in [0.3, 0.4) is 0 Å². The molecule has 1 fully saturated rings. The van der Waals surface area contributed by atoms with E-state index < -0.39 is 0 Å². The van der Waals surface area contributed by atoms with Gasteiger partial charge in [0.2, 0.25) is 0 Å². The largest absolute Gasteiger partial charge is 0.235 e. The lowest BCUT2D eigenvalue weighted by Crippen LogP contribution is -1.89. The van der Waals surface area contributed by atoms with Crippen molar-refractivity contribution in [2.75, 3.05) is 5.75 Å². The molecule has 0 saturated carbocycles. The van der Waals surface area contributed by atoms with Crippen molar-refractivity contribution in [1.82, 2.24) is 0 Å². The fourth-order valence-corrected chi connectivity index (χ4v) is 4.42. The van der Waals surface area contributed by atoms with Crippen LogP contribution in [0.4, 0.5) is 5.69 Å². The molecular weight excluding hydrogens is 302 g/mol. The first kappa shape index (κ1) is 12.5. The predicted molar refractivity (Wildman–Crippen MR) is 80.1 cm³/mol. The highest BCUT2D eigenvalue weighted by Gasteiger charge is 2.18. The zero-order chi connectivity index (χ0) is 11.5. The number of benzene rings is 1. The number of rotatable bonds is 2. The normalized spacial score (nSPS) is 22.9. The molecule has 0 bridgehead atoms. The maximum absolute atomic E-state index is 4.74. The van der Waals surface area contributed by atoms with Crippen molar-refractivity contribution < 1.29 is 0 Å². The Hall–Kier alpha value is 0.0700. The molecule has 1 aliphatic rings. The summed E-state index contributed by atoms with van der Waals surface area (Å²) in [6, 6.07) is 6.32. The average molecular weight is 316 g/mol. The van der Waals surface area contributed by atoms with Crippen molar-refractivity contribution in [3.05, 3.63) is 28.2 Å². The second-order valence-corrected chi connectivity index (χ2v) is 7.35. The van der Waals surface area contributed by atoms with Gasteiger partial charge in [-0.25, -0.2) is 4.99 Å². The van der Waals surface area contributed by atoms with Crippen LogP contribution >= 0.6 is 39.5 Å². The Labute approximate surface area is 114 Å². The lowest BCUT2D eigenvalue weighted by atomic mass is 10.1. The molecule has 1 aliphatic heterocycles. The van der Waals surface area contributed by atoms with Crippen LogP contribution in [0, 0.1) is 0 Å². The third-order valence-corrected chi connectivity index (χ3v) is 5.59. The predicted octanol–water partition coefficient (Wildman–Crippen LogP) is 4.87. The first-order chi connectivity index (χ1) is 7.69. The van der Waals surface area contributed by atoms with Gasteiger partial charge in [0.15, 0.2) is 0 Å². The van der Waals surface area contributed by atoms with Gasteiger partial charge in [-0.1, -0.05) is 53.3 Å². The van der Waals surface area contributed by atoms with Crippen molar-refractivity contribution in [3.63, 3.8) is 0 Å². The second-order valence-electron chi connectivity index (χ2n) is 3.74. The van der Waals surface area contributed by atoms with Gasteiger partial charge in [0.1, 0.15) is 4.38 Å². The summed E-state index contributed by atoms with van der Waals surface area (Å²) in [5.74, 6) is 1.18. The van der Waals surface area contributed by atoms with Gasteiger partial charge in [0, 0.05) is 15.5 Å². The van der Waals surface area contributed by atoms with Gasteiger partial charge in [-0.15, -0.1) is 0 Å². The number of aryl methyl sites for hydroxylation is 1. The molecule has 0 radical (unpaired) electrons. The molecule has 86 valence electrons. The smallest absolute Gasteiger partial charge is 0.130 e. The van der Waals surface area contributed by atoms with Crippen molar-refractivity contribution in [2.45, 2.75) is 25.5 Å². The summed E-state index contributed by atoms with van der Waals surface area (Å²) in [4.78, 5) is 4.74. The fourth-order valence-electron chi connectivity index (χ4n) is 1.53. The zero-order valence-electron chi connectivity index (χ0n) is 9.37. The van der Waals surface area contributed by atoms with Crippen LogP contribution in [0.5, 0.6) is 0 Å². The number of aliphatic imine (C=N–C) groups is 1. The molecule has 0 aromatic heterocycles. The Kier molecular flexibility index (Phi) is 4.39. The van der Waals surface area contributed by atoms with Gasteiger partial charge in [0.25, 0.3) is 0 Å². The highest BCUT2D eigenvalue weighted by atomic mass is 79.9. The standard InChI is InChI=1S/C12H14BrNS2/c1-3-9-6-10(13)4-5-11(9)14-12-15-7-8(2)16-12/h4-6,8H,3,7H2,1-2H3/b14-12+. The Balaban J connectivity index is 2.27. The number of thioether (sulfide) groups is 2. The Morgan fingerprint density at radius 2 is 2.31 bits per heavy atom. The molecule has 1 aromatic carbocycles. The van der Waals surface area contributed by atoms with Crippen LogP contribution in [0.25, 0.3) is 0 Å². The molecule has 0 N–H and O–H groups in total. The first-order valence-electron chi connectivity index (χ1n) is 5.35. The third-order valence-electron chi connectivity index (χ3n) is 2.38. The van der Waals surface area contributed by atoms with E-state index in [4.69, 9.17) is 4.99 Å². The van der Waals surface area contributed by atoms with Crippen LogP contribution in [0.2, 0.25) is 0 Å². The van der Waals surface area contributed by atoms with E-state index in [0.717, 1.165) is 16.6 Å². The summed E-state index contributed by atoms with van der Waals surface area (Å²) in [7, 11) is 0. The minimum atomic E-state index is 0.698. The van der Waals surface area contributed by atoms with Crippen LogP contribution in [-0.2, 0) is 6.42 Å². The molecular formula is C12H14BrNS2. The summed E-state index contributed by atoms with van der Waals surface area (Å²) >= 11 is 7.26. The van der Waals surface area contributed by atoms with Crippen molar-refractivity contribution in [3.8, 4) is 0 Å². The molecule has 16 heavy (non-hydrogen) atoms. The number of hydrogen-bond donors (Lipinski definition) is 0. The summed E-state index contributed by atoms with van der Waals surface area (Å²) in [5, 5.41) is 0.698. The van der Waals surface area contributed by atoms with Gasteiger partial charge in [-0.05, 0) is 30.2 Å². The molecule has 0 spiro atoms. The monoisotopic (exact) mass is 315 g/mol. The van der Waals surface area contributed by atoms with Gasteiger partial charge in [-0.3, -0.25) is 0 Å². The maximum atomic E-state index is 4.74. The zero-order valence-corrected chi connectivity index (χ0v) is 12.6. The molecule has 2 rings (SSSR count). The molecule has 1 aromatic rings. The molecule has 4 heteroatoms. The molecule has 1 nitrogen and oxygen atoms in total. The van der Waals surface area contributed by atoms with Crippen molar-refractivity contribution in [2.24, 2.45) is 4.99 Å². The molecule has 0 amide bonds. The maximum Gasteiger partial charge on any atom is 0.130 e. The van der Waals surface area contributed by atoms with Gasteiger partial charge in [0.05, 0.1) is 5.69 Å². The fraction of sp³-hybridized carbons (Fsp3) is 0.417. The quantitative estimate of drug-likeness (QED) is 0.772. The van der Waals surface area contributed by atoms with Gasteiger partial charge in [-0.2, -0.15) is 0 Å². The van der Waals surface area contributed by atoms with Gasteiger partial charge >= 0.3 is 0 Å². The van der Waals surface area contributed by atoms with E-state index in [2.05, 4.69) is 48.0 Å². The third kappa shape index (κ3) is 3.05. The summed E-state index contributed by atoms with van der Waals surface area (Å²) < 4.78 is 2.35.